The Morgan fingerprint density at radius 3 is 2.55 bits per heavy atom. The number of halogens is 2. The predicted molar refractivity (Wildman–Crippen MR) is 155 cm³/mol. The molecule has 3 aliphatic rings. The minimum atomic E-state index is -2.87. The predicted octanol–water partition coefficient (Wildman–Crippen LogP) is 3.39. The number of ether oxygens (including phenoxy) is 1. The fraction of sp³-hybridized carbons (Fsp3) is 0.429. The Labute approximate surface area is 246 Å². The van der Waals surface area contributed by atoms with Crippen molar-refractivity contribution in [3.63, 3.8) is 0 Å². The Kier molecular flexibility index (Phi) is 9.95. The number of rotatable bonds is 5. The van der Waals surface area contributed by atoms with Crippen molar-refractivity contribution in [3.05, 3.63) is 35.8 Å². The van der Waals surface area contributed by atoms with Gasteiger partial charge in [-0.2, -0.15) is 5.10 Å². The van der Waals surface area contributed by atoms with Crippen molar-refractivity contribution in [3.8, 4) is 28.7 Å². The molecule has 42 heavy (non-hydrogen) atoms. The highest BCUT2D eigenvalue weighted by Gasteiger charge is 2.30. The quantitative estimate of drug-likeness (QED) is 0.501. The Morgan fingerprint density at radius 2 is 1.90 bits per heavy atom. The highest BCUT2D eigenvalue weighted by atomic mass is 32.2. The second kappa shape index (κ2) is 13.6. The van der Waals surface area contributed by atoms with E-state index in [0.717, 1.165) is 25.1 Å². The lowest BCUT2D eigenvalue weighted by atomic mass is 9.99. The highest BCUT2D eigenvalue weighted by molar-refractivity contribution is 8.14. The van der Waals surface area contributed by atoms with Crippen LogP contribution in [0.15, 0.2) is 29.6 Å². The molecular formula is C28H31F2N7O4S. The number of carbonyl (C=O) groups is 3. The van der Waals surface area contributed by atoms with Crippen molar-refractivity contribution in [2.24, 2.45) is 11.0 Å². The Hall–Kier alpha value is -4.25. The van der Waals surface area contributed by atoms with Gasteiger partial charge in [0.1, 0.15) is 23.8 Å². The van der Waals surface area contributed by atoms with Gasteiger partial charge in [0.15, 0.2) is 10.5 Å². The molecule has 2 fully saturated rings. The van der Waals surface area contributed by atoms with E-state index < -0.39 is 18.0 Å². The average molecular weight is 600 g/mol. The zero-order chi connectivity index (χ0) is 30.4. The molecule has 4 heterocycles. The van der Waals surface area contributed by atoms with E-state index in [4.69, 9.17) is 4.74 Å². The lowest BCUT2D eigenvalue weighted by Crippen LogP contribution is -2.52. The SMILES string of the molecule is CC.COc1cnc(C(F)F)cc1-c1cc(N2CCN(C(C)=O)CC2=O)ncc1C(=O)NC1=NNC(C#CC2CC2)S1. The zero-order valence-corrected chi connectivity index (χ0v) is 24.4. The van der Waals surface area contributed by atoms with Crippen molar-refractivity contribution in [2.45, 2.75) is 45.4 Å². The van der Waals surface area contributed by atoms with Gasteiger partial charge >= 0.3 is 0 Å². The van der Waals surface area contributed by atoms with Crippen LogP contribution in [-0.2, 0) is 9.59 Å². The zero-order valence-electron chi connectivity index (χ0n) is 23.6. The minimum Gasteiger partial charge on any atom is -0.494 e. The van der Waals surface area contributed by atoms with E-state index in [9.17, 15) is 23.2 Å². The van der Waals surface area contributed by atoms with E-state index in [1.54, 1.807) is 0 Å². The molecule has 14 heteroatoms. The van der Waals surface area contributed by atoms with Crippen molar-refractivity contribution in [1.29, 1.82) is 0 Å². The number of methoxy groups -OCH3 is 1. The molecule has 1 atom stereocenters. The molecule has 2 aromatic heterocycles. The summed E-state index contributed by atoms with van der Waals surface area (Å²) in [5, 5.41) is 6.84. The summed E-state index contributed by atoms with van der Waals surface area (Å²) >= 11 is 1.24. The molecule has 0 aromatic carbocycles. The van der Waals surface area contributed by atoms with Gasteiger partial charge in [-0.25, -0.2) is 13.8 Å². The number of anilines is 1. The number of pyridine rings is 2. The summed E-state index contributed by atoms with van der Waals surface area (Å²) < 4.78 is 32.6. The summed E-state index contributed by atoms with van der Waals surface area (Å²) in [5.74, 6) is 5.80. The fourth-order valence-corrected chi connectivity index (χ4v) is 4.83. The molecule has 222 valence electrons. The first-order valence-corrected chi connectivity index (χ1v) is 14.3. The third-order valence-corrected chi connectivity index (χ3v) is 7.30. The molecule has 11 nitrogen and oxygen atoms in total. The van der Waals surface area contributed by atoms with Crippen LogP contribution < -0.4 is 20.4 Å². The molecule has 0 radical (unpaired) electrons. The van der Waals surface area contributed by atoms with E-state index in [2.05, 4.69) is 37.7 Å². The van der Waals surface area contributed by atoms with E-state index in [0.29, 0.717) is 17.6 Å². The number of hydrogen-bond donors (Lipinski definition) is 2. The number of aromatic nitrogens is 2. The van der Waals surface area contributed by atoms with Crippen LogP contribution in [0, 0.1) is 17.8 Å². The summed E-state index contributed by atoms with van der Waals surface area (Å²) in [7, 11) is 1.35. The number of nitrogens with zero attached hydrogens (tertiary/aromatic N) is 5. The standard InChI is InChI=1S/C26H25F2N7O4S.C2H6/c1-14(36)34-7-8-35(23(37)13-34)21-10-16(17-9-19(24(27)28)29-12-20(17)39-2)18(11-30-21)25(38)31-26-33-32-22(40-26)6-5-15-3-4-15;1-2/h9-12,15,22,24,32H,3-4,7-8,13H2,1-2H3,(H,31,33,38);1-2H3. The molecule has 1 saturated carbocycles. The molecule has 0 bridgehead atoms. The van der Waals surface area contributed by atoms with Crippen molar-refractivity contribution < 1.29 is 27.9 Å². The summed E-state index contributed by atoms with van der Waals surface area (Å²) in [4.78, 5) is 48.9. The molecule has 2 aromatic rings. The second-order valence-electron chi connectivity index (χ2n) is 9.25. The van der Waals surface area contributed by atoms with Gasteiger partial charge in [0, 0.05) is 43.3 Å². The van der Waals surface area contributed by atoms with Gasteiger partial charge in [0.05, 0.1) is 18.9 Å². The Morgan fingerprint density at radius 1 is 1.14 bits per heavy atom. The first-order chi connectivity index (χ1) is 20.2. The number of carbonyl (C=O) groups excluding carboxylic acids is 3. The molecule has 1 saturated heterocycles. The largest absolute Gasteiger partial charge is 0.494 e. The van der Waals surface area contributed by atoms with Gasteiger partial charge in [0.25, 0.3) is 12.3 Å². The van der Waals surface area contributed by atoms with Crippen LogP contribution in [0.3, 0.4) is 0 Å². The van der Waals surface area contributed by atoms with E-state index >= 15 is 0 Å². The van der Waals surface area contributed by atoms with Crippen LogP contribution >= 0.6 is 11.8 Å². The number of alkyl halides is 2. The lowest BCUT2D eigenvalue weighted by molar-refractivity contribution is -0.135. The minimum absolute atomic E-state index is 0.0408. The molecule has 3 amide bonds. The number of hydrogen-bond acceptors (Lipinski definition) is 9. The average Bonchev–Trinajstić information content (AvgIpc) is 3.73. The van der Waals surface area contributed by atoms with Gasteiger partial charge in [-0.05, 0) is 36.7 Å². The molecule has 1 unspecified atom stereocenters. The summed E-state index contributed by atoms with van der Waals surface area (Å²) in [5.41, 5.74) is 2.76. The van der Waals surface area contributed by atoms with Crippen LogP contribution in [0.1, 0.15) is 56.1 Å². The molecule has 1 aliphatic carbocycles. The number of piperazine rings is 1. The van der Waals surface area contributed by atoms with Crippen LogP contribution in [0.2, 0.25) is 0 Å². The maximum atomic E-state index is 13.6. The van der Waals surface area contributed by atoms with Crippen LogP contribution in [-0.4, -0.2) is 69.9 Å². The van der Waals surface area contributed by atoms with Gasteiger partial charge in [-0.3, -0.25) is 35.0 Å². The molecular weight excluding hydrogens is 568 g/mol. The number of amidine groups is 1. The number of amides is 3. The monoisotopic (exact) mass is 599 g/mol. The summed E-state index contributed by atoms with van der Waals surface area (Å²) in [6.45, 7) is 5.72. The first-order valence-electron chi connectivity index (χ1n) is 13.4. The smallest absolute Gasteiger partial charge is 0.280 e. The van der Waals surface area contributed by atoms with Gasteiger partial charge in [-0.1, -0.05) is 25.7 Å². The third kappa shape index (κ3) is 7.14. The molecule has 2 N–H and O–H groups in total. The summed E-state index contributed by atoms with van der Waals surface area (Å²) in [6, 6.07) is 2.61. The number of nitrogens with one attached hydrogen (secondary N) is 2. The second-order valence-corrected chi connectivity index (χ2v) is 10.3. The Balaban J connectivity index is 0.00000198. The van der Waals surface area contributed by atoms with Crippen LogP contribution in [0.25, 0.3) is 11.1 Å². The van der Waals surface area contributed by atoms with Gasteiger partial charge < -0.3 is 9.64 Å². The summed E-state index contributed by atoms with van der Waals surface area (Å²) in [6.07, 6.45) is 1.73. The normalized spacial score (nSPS) is 17.8. The van der Waals surface area contributed by atoms with Crippen LogP contribution in [0.4, 0.5) is 14.6 Å². The third-order valence-electron chi connectivity index (χ3n) is 6.43. The van der Waals surface area contributed by atoms with E-state index in [1.165, 1.54) is 47.9 Å². The Bertz CT molecular complexity index is 1460. The maximum absolute atomic E-state index is 13.6. The number of thioether (sulfide) groups is 1. The first kappa shape index (κ1) is 30.7. The van der Waals surface area contributed by atoms with E-state index in [1.807, 2.05) is 13.8 Å². The topological polar surface area (TPSA) is 129 Å². The molecule has 0 spiro atoms. The van der Waals surface area contributed by atoms with Crippen LogP contribution in [0.5, 0.6) is 5.75 Å². The maximum Gasteiger partial charge on any atom is 0.280 e. The fourth-order valence-electron chi connectivity index (χ4n) is 4.12. The molecule has 5 rings (SSSR count). The highest BCUT2D eigenvalue weighted by Crippen LogP contribution is 2.36. The molecule has 2 aliphatic heterocycles. The van der Waals surface area contributed by atoms with E-state index in [-0.39, 0.29) is 58.5 Å². The van der Waals surface area contributed by atoms with Crippen molar-refractivity contribution in [2.75, 3.05) is 31.6 Å². The van der Waals surface area contributed by atoms with Gasteiger partial charge in [-0.15, -0.1) is 0 Å². The van der Waals surface area contributed by atoms with Crippen molar-refractivity contribution in [1.82, 2.24) is 25.6 Å². The number of hydrazone groups is 1. The van der Waals surface area contributed by atoms with Crippen molar-refractivity contribution >= 4 is 40.5 Å². The lowest BCUT2D eigenvalue weighted by Gasteiger charge is -2.33. The van der Waals surface area contributed by atoms with Gasteiger partial charge in [0.2, 0.25) is 11.8 Å².